The van der Waals surface area contributed by atoms with Gasteiger partial charge in [-0.3, -0.25) is 9.69 Å². The number of hydrogen-bond donors (Lipinski definition) is 2. The molecule has 0 saturated carbocycles. The normalized spacial score (nSPS) is 11.5. The molecule has 1 heterocycles. The van der Waals surface area contributed by atoms with Crippen molar-refractivity contribution in [2.24, 2.45) is 5.92 Å². The van der Waals surface area contributed by atoms with Gasteiger partial charge >= 0.3 is 10.1 Å². The average Bonchev–Trinajstić information content (AvgIpc) is 3.17. The lowest BCUT2D eigenvalue weighted by molar-refractivity contribution is -0.118. The van der Waals surface area contributed by atoms with Gasteiger partial charge in [-0.2, -0.15) is 8.42 Å². The summed E-state index contributed by atoms with van der Waals surface area (Å²) in [7, 11) is -4.00. The summed E-state index contributed by atoms with van der Waals surface area (Å²) in [4.78, 5) is 18.7. The number of fused-ring (bicyclic) bond motifs is 1. The fraction of sp³-hybridized carbons (Fsp3) is 0.440. The van der Waals surface area contributed by atoms with Gasteiger partial charge in [0.25, 0.3) is 0 Å². The van der Waals surface area contributed by atoms with E-state index < -0.39 is 10.1 Å². The van der Waals surface area contributed by atoms with Crippen molar-refractivity contribution in [3.05, 3.63) is 42.5 Å². The summed E-state index contributed by atoms with van der Waals surface area (Å²) >= 11 is 1.26. The third kappa shape index (κ3) is 8.82. The number of aromatic nitrogens is 1. The van der Waals surface area contributed by atoms with Crippen LogP contribution in [0.4, 0.5) is 10.8 Å². The number of halogens is 1. The Hall–Kier alpha value is -2.44. The van der Waals surface area contributed by atoms with Crippen molar-refractivity contribution in [3.63, 3.8) is 0 Å². The van der Waals surface area contributed by atoms with E-state index in [9.17, 15) is 13.2 Å². The quantitative estimate of drug-likeness (QED) is 0.316. The summed E-state index contributed by atoms with van der Waals surface area (Å²) in [6.07, 6.45) is 0. The van der Waals surface area contributed by atoms with Gasteiger partial charge < -0.3 is 20.3 Å². The molecule has 0 aliphatic heterocycles. The summed E-state index contributed by atoms with van der Waals surface area (Å²) in [5.74, 6) is -0.104. The van der Waals surface area contributed by atoms with Crippen molar-refractivity contribution < 1.29 is 22.9 Å². The topological polar surface area (TPSA) is 132 Å². The summed E-state index contributed by atoms with van der Waals surface area (Å²) in [5.41, 5.74) is 1.50. The van der Waals surface area contributed by atoms with Crippen LogP contribution in [0.5, 0.6) is 5.75 Å². The van der Waals surface area contributed by atoms with Crippen LogP contribution in [0, 0.1) is 5.92 Å². The van der Waals surface area contributed by atoms with E-state index in [1.807, 2.05) is 0 Å². The van der Waals surface area contributed by atoms with E-state index in [4.69, 9.17) is 4.18 Å². The SMILES string of the molecule is CC(C)C(=O)Nc1nc2ccc(OS(=O)(=O)c3ccc(NCCN(C(C)C)C(C)C)cc3)cc2s1.Cl.O. The van der Waals surface area contributed by atoms with Gasteiger partial charge in [-0.15, -0.1) is 12.4 Å². The molecule has 37 heavy (non-hydrogen) atoms. The number of nitrogens with one attached hydrogen (secondary N) is 2. The third-order valence-electron chi connectivity index (χ3n) is 5.49. The summed E-state index contributed by atoms with van der Waals surface area (Å²) < 4.78 is 31.7. The van der Waals surface area contributed by atoms with Crippen molar-refractivity contribution in [2.45, 2.75) is 58.5 Å². The highest BCUT2D eigenvalue weighted by atomic mass is 35.5. The maximum absolute atomic E-state index is 12.8. The molecule has 0 aliphatic rings. The highest BCUT2D eigenvalue weighted by Crippen LogP contribution is 2.31. The fourth-order valence-corrected chi connectivity index (χ4v) is 5.44. The van der Waals surface area contributed by atoms with E-state index in [1.165, 1.54) is 23.5 Å². The second-order valence-electron chi connectivity index (χ2n) is 9.21. The van der Waals surface area contributed by atoms with Crippen LogP contribution in [0.25, 0.3) is 10.2 Å². The third-order valence-corrected chi connectivity index (χ3v) is 7.68. The lowest BCUT2D eigenvalue weighted by Gasteiger charge is -2.30. The zero-order valence-electron chi connectivity index (χ0n) is 21.9. The van der Waals surface area contributed by atoms with Gasteiger partial charge in [0.1, 0.15) is 10.6 Å². The van der Waals surface area contributed by atoms with E-state index in [1.54, 1.807) is 44.2 Å². The van der Waals surface area contributed by atoms with Crippen molar-refractivity contribution >= 4 is 60.8 Å². The van der Waals surface area contributed by atoms with Gasteiger partial charge in [0.05, 0.1) is 10.2 Å². The Kier molecular flexibility index (Phi) is 12.3. The van der Waals surface area contributed by atoms with Crippen LogP contribution in [0.2, 0.25) is 0 Å². The van der Waals surface area contributed by atoms with E-state index >= 15 is 0 Å². The molecule has 0 aliphatic carbocycles. The van der Waals surface area contributed by atoms with Crippen molar-refractivity contribution in [1.29, 1.82) is 0 Å². The van der Waals surface area contributed by atoms with Crippen LogP contribution in [0.15, 0.2) is 47.4 Å². The first-order valence-electron chi connectivity index (χ1n) is 11.7. The molecule has 1 amide bonds. The molecular weight excluding hydrogens is 536 g/mol. The molecule has 3 aromatic rings. The Morgan fingerprint density at radius 2 is 1.65 bits per heavy atom. The molecule has 0 spiro atoms. The van der Waals surface area contributed by atoms with Crippen molar-refractivity contribution in [3.8, 4) is 5.75 Å². The molecule has 0 fully saturated rings. The minimum Gasteiger partial charge on any atom is -0.412 e. The molecular formula is C25H37ClN4O5S2. The molecule has 9 nitrogen and oxygen atoms in total. The Morgan fingerprint density at radius 1 is 1.03 bits per heavy atom. The number of rotatable bonds is 11. The zero-order chi connectivity index (χ0) is 25.8. The summed E-state index contributed by atoms with van der Waals surface area (Å²) in [5, 5.41) is 6.57. The van der Waals surface area contributed by atoms with Gasteiger partial charge in [0.2, 0.25) is 5.91 Å². The monoisotopic (exact) mass is 572 g/mol. The van der Waals surface area contributed by atoms with Crippen LogP contribution in [-0.2, 0) is 14.9 Å². The van der Waals surface area contributed by atoms with E-state index in [2.05, 4.69) is 48.2 Å². The first-order chi connectivity index (χ1) is 16.5. The Balaban J connectivity index is 0.00000342. The Morgan fingerprint density at radius 3 is 2.22 bits per heavy atom. The largest absolute Gasteiger partial charge is 0.412 e. The molecule has 0 bridgehead atoms. The molecule has 206 valence electrons. The average molecular weight is 573 g/mol. The van der Waals surface area contributed by atoms with Crippen LogP contribution in [-0.4, -0.2) is 54.9 Å². The van der Waals surface area contributed by atoms with Crippen LogP contribution in [0.1, 0.15) is 41.5 Å². The predicted octanol–water partition coefficient (Wildman–Crippen LogP) is 4.79. The minimum atomic E-state index is -4.00. The van der Waals surface area contributed by atoms with Crippen LogP contribution < -0.4 is 14.8 Å². The number of anilines is 2. The molecule has 3 rings (SSSR count). The molecule has 2 aromatic carbocycles. The lowest BCUT2D eigenvalue weighted by atomic mass is 10.2. The number of carbonyl (C=O) groups excluding carboxylic acids is 1. The smallest absolute Gasteiger partial charge is 0.339 e. The van der Waals surface area contributed by atoms with Crippen LogP contribution >= 0.6 is 23.7 Å². The molecule has 4 N–H and O–H groups in total. The Labute approximate surface area is 229 Å². The fourth-order valence-electron chi connectivity index (χ4n) is 3.62. The molecule has 0 saturated heterocycles. The van der Waals surface area contributed by atoms with Crippen molar-refractivity contribution in [2.75, 3.05) is 23.7 Å². The van der Waals surface area contributed by atoms with Gasteiger partial charge in [-0.1, -0.05) is 25.2 Å². The minimum absolute atomic E-state index is 0. The first kappa shape index (κ1) is 32.6. The summed E-state index contributed by atoms with van der Waals surface area (Å²) in [6.45, 7) is 14.0. The van der Waals surface area contributed by atoms with Gasteiger partial charge in [-0.05, 0) is 64.1 Å². The molecule has 1 aromatic heterocycles. The number of thiazole rings is 1. The molecule has 12 heteroatoms. The Bertz CT molecular complexity index is 1250. The predicted molar refractivity (Wildman–Crippen MR) is 154 cm³/mol. The van der Waals surface area contributed by atoms with Crippen LogP contribution in [0.3, 0.4) is 0 Å². The number of amides is 1. The highest BCUT2D eigenvalue weighted by molar-refractivity contribution is 7.87. The number of hydrogen-bond acceptors (Lipinski definition) is 8. The van der Waals surface area contributed by atoms with E-state index in [-0.39, 0.29) is 40.4 Å². The van der Waals surface area contributed by atoms with Gasteiger partial charge in [0, 0.05) is 42.8 Å². The van der Waals surface area contributed by atoms with E-state index in [0.29, 0.717) is 27.4 Å². The summed E-state index contributed by atoms with van der Waals surface area (Å²) in [6, 6.07) is 12.3. The second kappa shape index (κ2) is 13.9. The van der Waals surface area contributed by atoms with Crippen molar-refractivity contribution in [1.82, 2.24) is 9.88 Å². The maximum Gasteiger partial charge on any atom is 0.339 e. The zero-order valence-corrected chi connectivity index (χ0v) is 24.4. The second-order valence-corrected chi connectivity index (χ2v) is 11.8. The standard InChI is InChI=1S/C25H34N4O4S2.ClH.H2O/c1-16(2)24(30)28-25-27-22-12-9-20(15-23(22)34-25)33-35(31,32)21-10-7-19(8-11-21)26-13-14-29(17(3)4)18(5)6;;/h7-12,15-18,26H,13-14H2,1-6H3,(H,27,28,30);1H;1H2. The molecule has 0 radical (unpaired) electrons. The number of carbonyl (C=O) groups is 1. The first-order valence-corrected chi connectivity index (χ1v) is 13.9. The molecule has 0 atom stereocenters. The highest BCUT2D eigenvalue weighted by Gasteiger charge is 2.18. The molecule has 0 unspecified atom stereocenters. The van der Waals surface area contributed by atoms with E-state index in [0.717, 1.165) is 18.8 Å². The van der Waals surface area contributed by atoms with Gasteiger partial charge in [-0.25, -0.2) is 4.98 Å². The maximum atomic E-state index is 12.8. The number of benzene rings is 2. The number of nitrogens with zero attached hydrogens (tertiary/aromatic N) is 2. The lowest BCUT2D eigenvalue weighted by Crippen LogP contribution is -2.40. The van der Waals surface area contributed by atoms with Gasteiger partial charge in [0.15, 0.2) is 5.13 Å².